The van der Waals surface area contributed by atoms with Crippen molar-refractivity contribution in [3.05, 3.63) is 11.9 Å². The van der Waals surface area contributed by atoms with Crippen LogP contribution in [0.15, 0.2) is 6.20 Å². The normalized spacial score (nSPS) is 11.8. The van der Waals surface area contributed by atoms with E-state index in [1.54, 1.807) is 0 Å². The van der Waals surface area contributed by atoms with Crippen LogP contribution in [0.1, 0.15) is 52.3 Å². The molecule has 1 N–H and O–H groups in total. The molecule has 4 heteroatoms. The summed E-state index contributed by atoms with van der Waals surface area (Å²) in [4.78, 5) is 6.92. The smallest absolute Gasteiger partial charge is 0.203 e. The number of anilines is 1. The lowest BCUT2D eigenvalue weighted by atomic mass is 10.2. The Morgan fingerprint density at radius 2 is 1.95 bits per heavy atom. The molecule has 0 spiro atoms. The van der Waals surface area contributed by atoms with Gasteiger partial charge in [0, 0.05) is 24.8 Å². The number of nitrogens with zero attached hydrogens (tertiary/aromatic N) is 3. The third-order valence-corrected chi connectivity index (χ3v) is 3.51. The SMILES string of the molecule is Cc1cn(C(C)C)c(NCCCCN(C)C(C)C)n1. The molecule has 1 aromatic rings. The highest BCUT2D eigenvalue weighted by molar-refractivity contribution is 5.29. The highest BCUT2D eigenvalue weighted by Crippen LogP contribution is 2.15. The molecule has 0 atom stereocenters. The molecule has 0 bridgehead atoms. The molecule has 4 nitrogen and oxygen atoms in total. The van der Waals surface area contributed by atoms with Crippen LogP contribution in [-0.2, 0) is 0 Å². The van der Waals surface area contributed by atoms with Crippen LogP contribution >= 0.6 is 0 Å². The summed E-state index contributed by atoms with van der Waals surface area (Å²) >= 11 is 0. The summed E-state index contributed by atoms with van der Waals surface area (Å²) in [5.41, 5.74) is 1.08. The van der Waals surface area contributed by atoms with Crippen LogP contribution in [0.25, 0.3) is 0 Å². The second-order valence-corrected chi connectivity index (χ2v) is 5.92. The molecule has 0 saturated heterocycles. The Balaban J connectivity index is 2.30. The number of imidazole rings is 1. The largest absolute Gasteiger partial charge is 0.356 e. The van der Waals surface area contributed by atoms with Gasteiger partial charge in [-0.2, -0.15) is 0 Å². The standard InChI is InChI=1S/C15H30N4/c1-12(2)18(6)10-8-7-9-16-15-17-14(5)11-19(15)13(3)4/h11-13H,7-10H2,1-6H3,(H,16,17). The highest BCUT2D eigenvalue weighted by Gasteiger charge is 2.07. The summed E-state index contributed by atoms with van der Waals surface area (Å²) in [5.74, 6) is 1.00. The van der Waals surface area contributed by atoms with E-state index in [9.17, 15) is 0 Å². The lowest BCUT2D eigenvalue weighted by Crippen LogP contribution is -2.27. The molecule has 19 heavy (non-hydrogen) atoms. The molecule has 0 aliphatic heterocycles. The molecule has 110 valence electrons. The van der Waals surface area contributed by atoms with Crippen molar-refractivity contribution < 1.29 is 0 Å². The van der Waals surface area contributed by atoms with Gasteiger partial charge in [0.25, 0.3) is 0 Å². The van der Waals surface area contributed by atoms with Crippen molar-refractivity contribution in [2.24, 2.45) is 0 Å². The van der Waals surface area contributed by atoms with Gasteiger partial charge in [0.1, 0.15) is 0 Å². The van der Waals surface area contributed by atoms with Crippen LogP contribution in [0.4, 0.5) is 5.95 Å². The van der Waals surface area contributed by atoms with E-state index < -0.39 is 0 Å². The molecule has 0 saturated carbocycles. The molecule has 1 heterocycles. The second kappa shape index (κ2) is 7.53. The van der Waals surface area contributed by atoms with Gasteiger partial charge in [-0.25, -0.2) is 4.98 Å². The molecule has 0 amide bonds. The first-order chi connectivity index (χ1) is 8.91. The fourth-order valence-corrected chi connectivity index (χ4v) is 1.99. The van der Waals surface area contributed by atoms with E-state index in [0.29, 0.717) is 12.1 Å². The minimum atomic E-state index is 0.454. The Morgan fingerprint density at radius 3 is 2.53 bits per heavy atom. The van der Waals surface area contributed by atoms with Gasteiger partial charge in [-0.15, -0.1) is 0 Å². The van der Waals surface area contributed by atoms with Gasteiger partial charge in [-0.1, -0.05) is 0 Å². The van der Waals surface area contributed by atoms with Crippen molar-refractivity contribution in [1.29, 1.82) is 0 Å². The van der Waals surface area contributed by atoms with E-state index in [1.807, 2.05) is 6.92 Å². The Labute approximate surface area is 118 Å². The minimum absolute atomic E-state index is 0.454. The minimum Gasteiger partial charge on any atom is -0.356 e. The second-order valence-electron chi connectivity index (χ2n) is 5.92. The number of hydrogen-bond donors (Lipinski definition) is 1. The van der Waals surface area contributed by atoms with E-state index in [0.717, 1.165) is 24.7 Å². The average Bonchev–Trinajstić information content (AvgIpc) is 2.69. The van der Waals surface area contributed by atoms with Gasteiger partial charge in [-0.05, 0) is 61.1 Å². The van der Waals surface area contributed by atoms with Gasteiger partial charge < -0.3 is 14.8 Å². The van der Waals surface area contributed by atoms with Crippen molar-refractivity contribution in [3.63, 3.8) is 0 Å². The van der Waals surface area contributed by atoms with Crippen molar-refractivity contribution in [2.75, 3.05) is 25.5 Å². The Kier molecular flexibility index (Phi) is 6.35. The maximum absolute atomic E-state index is 4.53. The third kappa shape index (κ3) is 5.23. The summed E-state index contributed by atoms with van der Waals surface area (Å²) in [6.45, 7) is 13.0. The number of unbranched alkanes of at least 4 members (excludes halogenated alkanes) is 1. The third-order valence-electron chi connectivity index (χ3n) is 3.51. The van der Waals surface area contributed by atoms with Crippen LogP contribution in [-0.4, -0.2) is 40.6 Å². The Hall–Kier alpha value is -1.03. The number of aryl methyl sites for hydroxylation is 1. The summed E-state index contributed by atoms with van der Waals surface area (Å²) < 4.78 is 2.20. The van der Waals surface area contributed by atoms with Crippen LogP contribution in [0.5, 0.6) is 0 Å². The first-order valence-corrected chi connectivity index (χ1v) is 7.41. The number of nitrogens with one attached hydrogen (secondary N) is 1. The molecule has 0 aliphatic carbocycles. The van der Waals surface area contributed by atoms with Crippen LogP contribution in [0.3, 0.4) is 0 Å². The fraction of sp³-hybridized carbons (Fsp3) is 0.800. The van der Waals surface area contributed by atoms with Gasteiger partial charge in [0.05, 0.1) is 5.69 Å². The predicted octanol–water partition coefficient (Wildman–Crippen LogP) is 3.30. The monoisotopic (exact) mass is 266 g/mol. The molecule has 0 radical (unpaired) electrons. The van der Waals surface area contributed by atoms with E-state index in [4.69, 9.17) is 0 Å². The zero-order valence-corrected chi connectivity index (χ0v) is 13.4. The lowest BCUT2D eigenvalue weighted by Gasteiger charge is -2.20. The lowest BCUT2D eigenvalue weighted by molar-refractivity contribution is 0.269. The topological polar surface area (TPSA) is 33.1 Å². The van der Waals surface area contributed by atoms with Crippen molar-refractivity contribution >= 4 is 5.95 Å². The number of hydrogen-bond acceptors (Lipinski definition) is 3. The Morgan fingerprint density at radius 1 is 1.26 bits per heavy atom. The van der Waals surface area contributed by atoms with E-state index in [1.165, 1.54) is 12.8 Å². The number of rotatable bonds is 8. The first-order valence-electron chi connectivity index (χ1n) is 7.41. The van der Waals surface area contributed by atoms with Crippen molar-refractivity contribution in [2.45, 2.75) is 59.5 Å². The van der Waals surface area contributed by atoms with Crippen molar-refractivity contribution in [1.82, 2.24) is 14.5 Å². The summed E-state index contributed by atoms with van der Waals surface area (Å²) in [6, 6.07) is 1.09. The molecule has 0 aromatic carbocycles. The van der Waals surface area contributed by atoms with E-state index >= 15 is 0 Å². The maximum Gasteiger partial charge on any atom is 0.203 e. The molecule has 1 aromatic heterocycles. The average molecular weight is 266 g/mol. The zero-order chi connectivity index (χ0) is 14.4. The van der Waals surface area contributed by atoms with Crippen LogP contribution < -0.4 is 5.32 Å². The summed E-state index contributed by atoms with van der Waals surface area (Å²) in [7, 11) is 2.19. The van der Waals surface area contributed by atoms with Gasteiger partial charge >= 0.3 is 0 Å². The Bertz CT molecular complexity index is 368. The quantitative estimate of drug-likeness (QED) is 0.733. The molecule has 0 aliphatic rings. The van der Waals surface area contributed by atoms with Crippen molar-refractivity contribution in [3.8, 4) is 0 Å². The summed E-state index contributed by atoms with van der Waals surface area (Å²) in [5, 5.41) is 3.45. The predicted molar refractivity (Wildman–Crippen MR) is 82.8 cm³/mol. The van der Waals surface area contributed by atoms with Crippen LogP contribution in [0, 0.1) is 6.92 Å². The van der Waals surface area contributed by atoms with Gasteiger partial charge in [-0.3, -0.25) is 0 Å². The molecular formula is C15H30N4. The van der Waals surface area contributed by atoms with Gasteiger partial charge in [0.15, 0.2) is 0 Å². The zero-order valence-electron chi connectivity index (χ0n) is 13.4. The van der Waals surface area contributed by atoms with E-state index in [-0.39, 0.29) is 0 Å². The van der Waals surface area contributed by atoms with Gasteiger partial charge in [0.2, 0.25) is 5.95 Å². The molecular weight excluding hydrogens is 236 g/mol. The first kappa shape index (κ1) is 16.0. The van der Waals surface area contributed by atoms with E-state index in [2.05, 4.69) is 60.7 Å². The summed E-state index contributed by atoms with van der Waals surface area (Å²) in [6.07, 6.45) is 4.52. The molecule has 1 rings (SSSR count). The highest BCUT2D eigenvalue weighted by atomic mass is 15.2. The molecule has 0 fully saturated rings. The number of aromatic nitrogens is 2. The van der Waals surface area contributed by atoms with Crippen LogP contribution in [0.2, 0.25) is 0 Å². The molecule has 0 unspecified atom stereocenters. The maximum atomic E-state index is 4.53. The fourth-order valence-electron chi connectivity index (χ4n) is 1.99.